The fourth-order valence-corrected chi connectivity index (χ4v) is 2.87. The lowest BCUT2D eigenvalue weighted by molar-refractivity contribution is 0.796. The molecule has 3 aromatic rings. The van der Waals surface area contributed by atoms with Crippen molar-refractivity contribution in [2.45, 2.75) is 20.0 Å². The SMILES string of the molecule is CCn1c(-c2cccc(Br)c2)nc2cc(CN)ccc21. The summed E-state index contributed by atoms with van der Waals surface area (Å²) in [7, 11) is 0. The number of hydrogen-bond acceptors (Lipinski definition) is 2. The molecule has 0 fully saturated rings. The average Bonchev–Trinajstić information content (AvgIpc) is 2.84. The molecule has 0 bridgehead atoms. The van der Waals surface area contributed by atoms with Crippen LogP contribution in [-0.4, -0.2) is 9.55 Å². The second-order valence-electron chi connectivity index (χ2n) is 4.72. The molecule has 0 amide bonds. The molecule has 3 nitrogen and oxygen atoms in total. The molecular weight excluding hydrogens is 314 g/mol. The molecule has 0 atom stereocenters. The minimum Gasteiger partial charge on any atom is -0.326 e. The van der Waals surface area contributed by atoms with Gasteiger partial charge in [-0.2, -0.15) is 0 Å². The smallest absolute Gasteiger partial charge is 0.141 e. The van der Waals surface area contributed by atoms with Crippen molar-refractivity contribution in [3.63, 3.8) is 0 Å². The number of imidazole rings is 1. The molecule has 0 aliphatic carbocycles. The number of halogens is 1. The molecule has 1 heterocycles. The predicted octanol–water partition coefficient (Wildman–Crippen LogP) is 3.94. The first-order chi connectivity index (χ1) is 9.72. The molecule has 1 aromatic heterocycles. The zero-order valence-corrected chi connectivity index (χ0v) is 12.9. The highest BCUT2D eigenvalue weighted by Crippen LogP contribution is 2.27. The van der Waals surface area contributed by atoms with Crippen molar-refractivity contribution in [2.75, 3.05) is 0 Å². The zero-order chi connectivity index (χ0) is 14.1. The maximum absolute atomic E-state index is 5.71. The van der Waals surface area contributed by atoms with Gasteiger partial charge in [-0.15, -0.1) is 0 Å². The second-order valence-corrected chi connectivity index (χ2v) is 5.63. The fraction of sp³-hybridized carbons (Fsp3) is 0.188. The first-order valence-electron chi connectivity index (χ1n) is 6.68. The number of fused-ring (bicyclic) bond motifs is 1. The van der Waals surface area contributed by atoms with E-state index < -0.39 is 0 Å². The van der Waals surface area contributed by atoms with Gasteiger partial charge in [-0.1, -0.05) is 34.1 Å². The Balaban J connectivity index is 2.24. The Labute approximate surface area is 126 Å². The predicted molar refractivity (Wildman–Crippen MR) is 86.4 cm³/mol. The molecule has 4 heteroatoms. The Morgan fingerprint density at radius 1 is 1.20 bits per heavy atom. The monoisotopic (exact) mass is 329 g/mol. The molecule has 3 rings (SSSR count). The Morgan fingerprint density at radius 3 is 2.75 bits per heavy atom. The van der Waals surface area contributed by atoms with E-state index in [2.05, 4.69) is 57.8 Å². The molecule has 20 heavy (non-hydrogen) atoms. The number of benzene rings is 2. The van der Waals surface area contributed by atoms with E-state index in [0.29, 0.717) is 6.54 Å². The Kier molecular flexibility index (Phi) is 3.59. The van der Waals surface area contributed by atoms with E-state index in [1.165, 1.54) is 0 Å². The lowest BCUT2D eigenvalue weighted by atomic mass is 10.2. The maximum Gasteiger partial charge on any atom is 0.141 e. The van der Waals surface area contributed by atoms with Crippen LogP contribution in [0.25, 0.3) is 22.4 Å². The van der Waals surface area contributed by atoms with E-state index >= 15 is 0 Å². The summed E-state index contributed by atoms with van der Waals surface area (Å²) in [6, 6.07) is 14.5. The van der Waals surface area contributed by atoms with Crippen LogP contribution in [-0.2, 0) is 13.1 Å². The molecule has 0 saturated carbocycles. The maximum atomic E-state index is 5.71. The van der Waals surface area contributed by atoms with Crippen molar-refractivity contribution in [3.05, 3.63) is 52.5 Å². The van der Waals surface area contributed by atoms with Crippen LogP contribution in [0.2, 0.25) is 0 Å². The summed E-state index contributed by atoms with van der Waals surface area (Å²) >= 11 is 3.52. The average molecular weight is 330 g/mol. The molecule has 2 aromatic carbocycles. The van der Waals surface area contributed by atoms with Crippen molar-refractivity contribution in [2.24, 2.45) is 5.73 Å². The summed E-state index contributed by atoms with van der Waals surface area (Å²) in [6.07, 6.45) is 0. The van der Waals surface area contributed by atoms with Crippen molar-refractivity contribution in [1.82, 2.24) is 9.55 Å². The van der Waals surface area contributed by atoms with Gasteiger partial charge >= 0.3 is 0 Å². The van der Waals surface area contributed by atoms with Crippen molar-refractivity contribution in [3.8, 4) is 11.4 Å². The van der Waals surface area contributed by atoms with Crippen LogP contribution < -0.4 is 5.73 Å². The number of rotatable bonds is 3. The molecule has 102 valence electrons. The highest BCUT2D eigenvalue weighted by atomic mass is 79.9. The first kappa shape index (κ1) is 13.3. The lowest BCUT2D eigenvalue weighted by Gasteiger charge is -2.06. The van der Waals surface area contributed by atoms with E-state index in [1.807, 2.05) is 12.1 Å². The molecular formula is C16H16BrN3. The highest BCUT2D eigenvalue weighted by molar-refractivity contribution is 9.10. The summed E-state index contributed by atoms with van der Waals surface area (Å²) in [5, 5.41) is 0. The van der Waals surface area contributed by atoms with Crippen LogP contribution in [0.4, 0.5) is 0 Å². The summed E-state index contributed by atoms with van der Waals surface area (Å²) in [5.41, 5.74) is 10.1. The number of nitrogens with two attached hydrogens (primary N) is 1. The van der Waals surface area contributed by atoms with E-state index in [-0.39, 0.29) is 0 Å². The van der Waals surface area contributed by atoms with Gasteiger partial charge in [0.25, 0.3) is 0 Å². The first-order valence-corrected chi connectivity index (χ1v) is 7.47. The van der Waals surface area contributed by atoms with Gasteiger partial charge in [0.2, 0.25) is 0 Å². The number of aromatic nitrogens is 2. The van der Waals surface area contributed by atoms with Crippen LogP contribution in [0.15, 0.2) is 46.9 Å². The highest BCUT2D eigenvalue weighted by Gasteiger charge is 2.11. The van der Waals surface area contributed by atoms with Gasteiger partial charge in [-0.25, -0.2) is 4.98 Å². The third-order valence-electron chi connectivity index (χ3n) is 3.45. The van der Waals surface area contributed by atoms with Crippen LogP contribution in [0.3, 0.4) is 0 Å². The summed E-state index contributed by atoms with van der Waals surface area (Å²) in [4.78, 5) is 4.79. The van der Waals surface area contributed by atoms with Crippen LogP contribution >= 0.6 is 15.9 Å². The standard InChI is InChI=1S/C16H16BrN3/c1-2-20-15-7-6-11(10-18)8-14(15)19-16(20)12-4-3-5-13(17)9-12/h3-9H,2,10,18H2,1H3. The minimum atomic E-state index is 0.543. The Hall–Kier alpha value is -1.65. The van der Waals surface area contributed by atoms with Gasteiger partial charge in [-0.3, -0.25) is 0 Å². The quantitative estimate of drug-likeness (QED) is 0.790. The van der Waals surface area contributed by atoms with Crippen molar-refractivity contribution >= 4 is 27.0 Å². The number of hydrogen-bond donors (Lipinski definition) is 1. The molecule has 0 spiro atoms. The lowest BCUT2D eigenvalue weighted by Crippen LogP contribution is -1.98. The molecule has 0 radical (unpaired) electrons. The molecule has 0 saturated heterocycles. The number of nitrogens with zero attached hydrogens (tertiary/aromatic N) is 2. The Bertz CT molecular complexity index is 762. The second kappa shape index (κ2) is 5.38. The van der Waals surface area contributed by atoms with Gasteiger partial charge in [0.1, 0.15) is 5.82 Å². The third kappa shape index (κ3) is 2.25. The molecule has 0 aliphatic heterocycles. The van der Waals surface area contributed by atoms with Gasteiger partial charge in [0.05, 0.1) is 11.0 Å². The molecule has 2 N–H and O–H groups in total. The topological polar surface area (TPSA) is 43.8 Å². The van der Waals surface area contributed by atoms with Gasteiger partial charge in [0, 0.05) is 23.1 Å². The molecule has 0 unspecified atom stereocenters. The van der Waals surface area contributed by atoms with Gasteiger partial charge < -0.3 is 10.3 Å². The normalized spacial score (nSPS) is 11.2. The zero-order valence-electron chi connectivity index (χ0n) is 11.3. The fourth-order valence-electron chi connectivity index (χ4n) is 2.47. The third-order valence-corrected chi connectivity index (χ3v) is 3.94. The van der Waals surface area contributed by atoms with Crippen LogP contribution in [0, 0.1) is 0 Å². The van der Waals surface area contributed by atoms with E-state index in [0.717, 1.165) is 39.0 Å². The summed E-state index contributed by atoms with van der Waals surface area (Å²) in [5.74, 6) is 0.998. The van der Waals surface area contributed by atoms with Crippen molar-refractivity contribution < 1.29 is 0 Å². The van der Waals surface area contributed by atoms with E-state index in [9.17, 15) is 0 Å². The van der Waals surface area contributed by atoms with Gasteiger partial charge in [-0.05, 0) is 36.8 Å². The van der Waals surface area contributed by atoms with E-state index in [4.69, 9.17) is 10.7 Å². The minimum absolute atomic E-state index is 0.543. The molecule has 0 aliphatic rings. The van der Waals surface area contributed by atoms with Crippen LogP contribution in [0.5, 0.6) is 0 Å². The summed E-state index contributed by atoms with van der Waals surface area (Å²) < 4.78 is 3.30. The van der Waals surface area contributed by atoms with Gasteiger partial charge in [0.15, 0.2) is 0 Å². The summed E-state index contributed by atoms with van der Waals surface area (Å²) in [6.45, 7) is 3.57. The number of aryl methyl sites for hydroxylation is 1. The van der Waals surface area contributed by atoms with Crippen molar-refractivity contribution in [1.29, 1.82) is 0 Å². The van der Waals surface area contributed by atoms with E-state index in [1.54, 1.807) is 0 Å². The largest absolute Gasteiger partial charge is 0.326 e. The van der Waals surface area contributed by atoms with Crippen LogP contribution in [0.1, 0.15) is 12.5 Å². The Morgan fingerprint density at radius 2 is 2.05 bits per heavy atom.